The molecule has 1 aromatic carbocycles. The Bertz CT molecular complexity index is 453. The fourth-order valence-corrected chi connectivity index (χ4v) is 1.88. The van der Waals surface area contributed by atoms with E-state index in [1.807, 2.05) is 36.4 Å². The Kier molecular flexibility index (Phi) is 4.84. The van der Waals surface area contributed by atoms with Crippen LogP contribution in [0.5, 0.6) is 5.75 Å². The zero-order valence-electron chi connectivity index (χ0n) is 10.2. The second kappa shape index (κ2) is 6.61. The summed E-state index contributed by atoms with van der Waals surface area (Å²) in [5, 5.41) is 3.34. The van der Waals surface area contributed by atoms with Crippen LogP contribution in [-0.4, -0.2) is 13.2 Å². The maximum atomic E-state index is 5.61. The van der Waals surface area contributed by atoms with Crippen LogP contribution < -0.4 is 10.1 Å². The zero-order valence-corrected chi connectivity index (χ0v) is 11.8. The minimum Gasteiger partial charge on any atom is -0.492 e. The van der Waals surface area contributed by atoms with E-state index in [2.05, 4.69) is 28.2 Å². The molecule has 1 aromatic heterocycles. The second-order valence-corrected chi connectivity index (χ2v) is 4.91. The highest BCUT2D eigenvalue weighted by atomic mass is 79.9. The molecule has 0 aliphatic heterocycles. The average Bonchev–Trinajstić information content (AvgIpc) is 2.90. The van der Waals surface area contributed by atoms with Crippen molar-refractivity contribution in [2.24, 2.45) is 0 Å². The van der Waals surface area contributed by atoms with Crippen LogP contribution in [0.25, 0.3) is 0 Å². The highest BCUT2D eigenvalue weighted by molar-refractivity contribution is 9.10. The van der Waals surface area contributed by atoms with Crippen molar-refractivity contribution in [2.45, 2.75) is 13.0 Å². The Balaban J connectivity index is 1.68. The molecule has 1 heterocycles. The molecule has 0 aliphatic carbocycles. The summed E-state index contributed by atoms with van der Waals surface area (Å²) in [5.41, 5.74) is 0. The van der Waals surface area contributed by atoms with E-state index in [0.717, 1.165) is 22.5 Å². The first-order chi connectivity index (χ1) is 8.75. The number of rotatable bonds is 6. The summed E-state index contributed by atoms with van der Waals surface area (Å²) in [6.45, 7) is 3.48. The summed E-state index contributed by atoms with van der Waals surface area (Å²) < 4.78 is 12.0. The van der Waals surface area contributed by atoms with E-state index >= 15 is 0 Å². The van der Waals surface area contributed by atoms with Gasteiger partial charge in [0.25, 0.3) is 0 Å². The van der Waals surface area contributed by atoms with E-state index in [9.17, 15) is 0 Å². The fourth-order valence-electron chi connectivity index (χ4n) is 1.61. The molecule has 1 unspecified atom stereocenters. The molecule has 0 fully saturated rings. The van der Waals surface area contributed by atoms with Crippen LogP contribution >= 0.6 is 15.9 Å². The van der Waals surface area contributed by atoms with Gasteiger partial charge in [-0.2, -0.15) is 0 Å². The van der Waals surface area contributed by atoms with Gasteiger partial charge in [0.05, 0.1) is 12.3 Å². The maximum Gasteiger partial charge on any atom is 0.120 e. The standard InChI is InChI=1S/C14H16BrNO2/c1-11(14-3-2-9-18-14)16-8-10-17-13-6-4-12(15)5-7-13/h2-7,9,11,16H,8,10H2,1H3. The molecule has 0 bridgehead atoms. The first kappa shape index (κ1) is 13.2. The third kappa shape index (κ3) is 3.89. The Labute approximate surface area is 115 Å². The van der Waals surface area contributed by atoms with E-state index in [1.165, 1.54) is 0 Å². The van der Waals surface area contributed by atoms with Crippen LogP contribution in [-0.2, 0) is 0 Å². The summed E-state index contributed by atoms with van der Waals surface area (Å²) in [4.78, 5) is 0. The zero-order chi connectivity index (χ0) is 12.8. The first-order valence-electron chi connectivity index (χ1n) is 5.91. The number of furan rings is 1. The Morgan fingerprint density at radius 3 is 2.72 bits per heavy atom. The predicted octanol–water partition coefficient (Wildman–Crippen LogP) is 3.77. The molecule has 0 saturated heterocycles. The van der Waals surface area contributed by atoms with Gasteiger partial charge in [-0.1, -0.05) is 15.9 Å². The molecule has 0 aliphatic rings. The number of benzene rings is 1. The van der Waals surface area contributed by atoms with Gasteiger partial charge in [-0.3, -0.25) is 0 Å². The smallest absolute Gasteiger partial charge is 0.120 e. The summed E-state index contributed by atoms with van der Waals surface area (Å²) >= 11 is 3.39. The molecule has 18 heavy (non-hydrogen) atoms. The predicted molar refractivity (Wildman–Crippen MR) is 74.8 cm³/mol. The van der Waals surface area contributed by atoms with Crippen molar-refractivity contribution in [1.82, 2.24) is 5.32 Å². The molecule has 3 nitrogen and oxygen atoms in total. The summed E-state index contributed by atoms with van der Waals surface area (Å²) in [7, 11) is 0. The molecule has 1 atom stereocenters. The lowest BCUT2D eigenvalue weighted by molar-refractivity contribution is 0.302. The molecule has 0 radical (unpaired) electrons. The topological polar surface area (TPSA) is 34.4 Å². The van der Waals surface area contributed by atoms with Crippen molar-refractivity contribution < 1.29 is 9.15 Å². The van der Waals surface area contributed by atoms with Gasteiger partial charge in [-0.25, -0.2) is 0 Å². The molecule has 1 N–H and O–H groups in total. The van der Waals surface area contributed by atoms with Gasteiger partial charge in [-0.05, 0) is 43.3 Å². The van der Waals surface area contributed by atoms with Crippen molar-refractivity contribution >= 4 is 15.9 Å². The van der Waals surface area contributed by atoms with E-state index in [0.29, 0.717) is 6.61 Å². The minimum atomic E-state index is 0.202. The normalized spacial score (nSPS) is 12.3. The van der Waals surface area contributed by atoms with Crippen LogP contribution in [0.4, 0.5) is 0 Å². The monoisotopic (exact) mass is 309 g/mol. The maximum absolute atomic E-state index is 5.61. The molecule has 0 saturated carbocycles. The van der Waals surface area contributed by atoms with Crippen molar-refractivity contribution in [3.63, 3.8) is 0 Å². The SMILES string of the molecule is CC(NCCOc1ccc(Br)cc1)c1ccco1. The van der Waals surface area contributed by atoms with Gasteiger partial charge in [0.2, 0.25) is 0 Å². The number of hydrogen-bond acceptors (Lipinski definition) is 3. The largest absolute Gasteiger partial charge is 0.492 e. The quantitative estimate of drug-likeness (QED) is 0.825. The van der Waals surface area contributed by atoms with E-state index < -0.39 is 0 Å². The molecule has 96 valence electrons. The third-order valence-corrected chi connectivity index (χ3v) is 3.13. The third-order valence-electron chi connectivity index (χ3n) is 2.60. The summed E-state index contributed by atoms with van der Waals surface area (Å²) in [6, 6.07) is 11.9. The van der Waals surface area contributed by atoms with Crippen LogP contribution in [0, 0.1) is 0 Å². The molecule has 2 aromatic rings. The molecular weight excluding hydrogens is 294 g/mol. The second-order valence-electron chi connectivity index (χ2n) is 3.99. The average molecular weight is 310 g/mol. The van der Waals surface area contributed by atoms with E-state index in [1.54, 1.807) is 6.26 Å². The molecule has 0 amide bonds. The van der Waals surface area contributed by atoms with Crippen LogP contribution in [0.3, 0.4) is 0 Å². The van der Waals surface area contributed by atoms with Gasteiger partial charge < -0.3 is 14.5 Å². The van der Waals surface area contributed by atoms with Crippen molar-refractivity contribution in [2.75, 3.05) is 13.2 Å². The number of nitrogens with one attached hydrogen (secondary N) is 1. The van der Waals surface area contributed by atoms with E-state index in [-0.39, 0.29) is 6.04 Å². The van der Waals surface area contributed by atoms with Crippen LogP contribution in [0.2, 0.25) is 0 Å². The lowest BCUT2D eigenvalue weighted by Crippen LogP contribution is -2.24. The van der Waals surface area contributed by atoms with Gasteiger partial charge in [0.15, 0.2) is 0 Å². The molecule has 2 rings (SSSR count). The highest BCUT2D eigenvalue weighted by Crippen LogP contribution is 2.16. The van der Waals surface area contributed by atoms with Gasteiger partial charge in [0, 0.05) is 11.0 Å². The Morgan fingerprint density at radius 1 is 1.28 bits per heavy atom. The summed E-state index contributed by atoms with van der Waals surface area (Å²) in [6.07, 6.45) is 1.69. The summed E-state index contributed by atoms with van der Waals surface area (Å²) in [5.74, 6) is 1.82. The molecule has 4 heteroatoms. The Morgan fingerprint density at radius 2 is 2.06 bits per heavy atom. The van der Waals surface area contributed by atoms with Crippen molar-refractivity contribution in [3.8, 4) is 5.75 Å². The van der Waals surface area contributed by atoms with Gasteiger partial charge >= 0.3 is 0 Å². The van der Waals surface area contributed by atoms with Crippen molar-refractivity contribution in [1.29, 1.82) is 0 Å². The molecule has 0 spiro atoms. The van der Waals surface area contributed by atoms with E-state index in [4.69, 9.17) is 9.15 Å². The highest BCUT2D eigenvalue weighted by Gasteiger charge is 2.06. The van der Waals surface area contributed by atoms with Crippen molar-refractivity contribution in [3.05, 3.63) is 52.9 Å². The number of hydrogen-bond donors (Lipinski definition) is 1. The Hall–Kier alpha value is -1.26. The molecular formula is C14H16BrNO2. The lowest BCUT2D eigenvalue weighted by Gasteiger charge is -2.12. The van der Waals surface area contributed by atoms with Gasteiger partial charge in [0.1, 0.15) is 18.1 Å². The number of halogens is 1. The lowest BCUT2D eigenvalue weighted by atomic mass is 10.2. The fraction of sp³-hybridized carbons (Fsp3) is 0.286. The van der Waals surface area contributed by atoms with Crippen LogP contribution in [0.1, 0.15) is 18.7 Å². The first-order valence-corrected chi connectivity index (χ1v) is 6.70. The van der Waals surface area contributed by atoms with Gasteiger partial charge in [-0.15, -0.1) is 0 Å². The minimum absolute atomic E-state index is 0.202. The number of ether oxygens (including phenoxy) is 1. The van der Waals surface area contributed by atoms with Crippen LogP contribution in [0.15, 0.2) is 51.6 Å².